The van der Waals surface area contributed by atoms with Crippen LogP contribution in [0.25, 0.3) is 0 Å². The second-order valence-electron chi connectivity index (χ2n) is 5.38. The Balaban J connectivity index is 0.00000529. The highest BCUT2D eigenvalue weighted by molar-refractivity contribution is 14.0. The van der Waals surface area contributed by atoms with Crippen LogP contribution in [0.4, 0.5) is 4.39 Å². The fourth-order valence-corrected chi connectivity index (χ4v) is 1.85. The Kier molecular flexibility index (Phi) is 12.2. The summed E-state index contributed by atoms with van der Waals surface area (Å²) in [7, 11) is 0. The van der Waals surface area contributed by atoms with Gasteiger partial charge in [-0.3, -0.25) is 4.79 Å². The highest BCUT2D eigenvalue weighted by Crippen LogP contribution is 2.03. The molecule has 0 bridgehead atoms. The molecule has 5 nitrogen and oxygen atoms in total. The molecule has 1 aromatic rings. The van der Waals surface area contributed by atoms with Gasteiger partial charge in [0.15, 0.2) is 5.96 Å². The van der Waals surface area contributed by atoms with Gasteiger partial charge in [0.05, 0.1) is 6.54 Å². The number of hydrogen-bond donors (Lipinski definition) is 3. The van der Waals surface area contributed by atoms with E-state index in [-0.39, 0.29) is 41.7 Å². The predicted molar refractivity (Wildman–Crippen MR) is 107 cm³/mol. The van der Waals surface area contributed by atoms with Crippen LogP contribution in [0.1, 0.15) is 39.2 Å². The highest BCUT2D eigenvalue weighted by Gasteiger charge is 2.05. The average molecular weight is 450 g/mol. The first-order chi connectivity index (χ1) is 11.0. The third-order valence-electron chi connectivity index (χ3n) is 3.34. The van der Waals surface area contributed by atoms with Crippen LogP contribution in [-0.2, 0) is 11.3 Å². The number of aliphatic imine (C=N–C) groups is 1. The molecule has 0 heterocycles. The van der Waals surface area contributed by atoms with E-state index in [1.54, 1.807) is 12.1 Å². The number of amides is 1. The van der Waals surface area contributed by atoms with Gasteiger partial charge in [-0.2, -0.15) is 0 Å². The van der Waals surface area contributed by atoms with Gasteiger partial charge >= 0.3 is 0 Å². The minimum Gasteiger partial charge on any atom is -0.357 e. The third-order valence-corrected chi connectivity index (χ3v) is 3.34. The van der Waals surface area contributed by atoms with Crippen molar-refractivity contribution in [2.75, 3.05) is 13.1 Å². The Morgan fingerprint density at radius 2 is 1.88 bits per heavy atom. The number of nitrogens with zero attached hydrogens (tertiary/aromatic N) is 1. The first-order valence-electron chi connectivity index (χ1n) is 8.11. The maximum absolute atomic E-state index is 12.9. The van der Waals surface area contributed by atoms with Gasteiger partial charge in [0, 0.05) is 25.6 Å². The van der Waals surface area contributed by atoms with Crippen molar-refractivity contribution < 1.29 is 9.18 Å². The summed E-state index contributed by atoms with van der Waals surface area (Å²) < 4.78 is 12.9. The van der Waals surface area contributed by atoms with Crippen molar-refractivity contribution >= 4 is 35.8 Å². The fourth-order valence-electron chi connectivity index (χ4n) is 1.85. The Hall–Kier alpha value is -1.38. The van der Waals surface area contributed by atoms with Crippen molar-refractivity contribution in [2.24, 2.45) is 4.99 Å². The molecule has 0 aliphatic carbocycles. The fraction of sp³-hybridized carbons (Fsp3) is 0.529. The smallest absolute Gasteiger partial charge is 0.221 e. The van der Waals surface area contributed by atoms with E-state index in [9.17, 15) is 9.18 Å². The van der Waals surface area contributed by atoms with Gasteiger partial charge in [-0.25, -0.2) is 9.38 Å². The summed E-state index contributed by atoms with van der Waals surface area (Å²) in [5, 5.41) is 9.18. The summed E-state index contributed by atoms with van der Waals surface area (Å²) in [6.45, 7) is 7.69. The SMILES string of the molecule is CCNC(=NCc1ccc(F)cc1)NCCC(=O)NC(C)CC.I. The summed E-state index contributed by atoms with van der Waals surface area (Å²) in [5.74, 6) is 0.421. The Bertz CT molecular complexity index is 508. The molecule has 0 saturated carbocycles. The topological polar surface area (TPSA) is 65.5 Å². The number of rotatable bonds is 8. The van der Waals surface area contributed by atoms with E-state index in [0.29, 0.717) is 25.5 Å². The zero-order valence-electron chi connectivity index (χ0n) is 14.6. The molecule has 3 N–H and O–H groups in total. The van der Waals surface area contributed by atoms with Crippen LogP contribution < -0.4 is 16.0 Å². The van der Waals surface area contributed by atoms with E-state index in [4.69, 9.17) is 0 Å². The Morgan fingerprint density at radius 3 is 2.46 bits per heavy atom. The number of carbonyl (C=O) groups excluding carboxylic acids is 1. The normalized spacial score (nSPS) is 12.1. The summed E-state index contributed by atoms with van der Waals surface area (Å²) in [5.41, 5.74) is 0.929. The van der Waals surface area contributed by atoms with Crippen LogP contribution in [0.5, 0.6) is 0 Å². The van der Waals surface area contributed by atoms with Crippen molar-refractivity contribution in [2.45, 2.75) is 46.2 Å². The zero-order chi connectivity index (χ0) is 17.1. The van der Waals surface area contributed by atoms with Crippen molar-refractivity contribution in [3.63, 3.8) is 0 Å². The Morgan fingerprint density at radius 1 is 1.21 bits per heavy atom. The van der Waals surface area contributed by atoms with E-state index in [1.807, 2.05) is 20.8 Å². The lowest BCUT2D eigenvalue weighted by Crippen LogP contribution is -2.40. The molecule has 7 heteroatoms. The molecule has 24 heavy (non-hydrogen) atoms. The van der Waals surface area contributed by atoms with Crippen molar-refractivity contribution in [1.29, 1.82) is 0 Å². The molecule has 0 spiro atoms. The molecule has 0 aliphatic rings. The first-order valence-corrected chi connectivity index (χ1v) is 8.11. The zero-order valence-corrected chi connectivity index (χ0v) is 16.9. The van der Waals surface area contributed by atoms with E-state index < -0.39 is 0 Å². The minimum atomic E-state index is -0.255. The molecule has 0 aromatic heterocycles. The number of carbonyl (C=O) groups is 1. The van der Waals surface area contributed by atoms with Gasteiger partial charge in [0.1, 0.15) is 5.82 Å². The monoisotopic (exact) mass is 450 g/mol. The van der Waals surface area contributed by atoms with Crippen LogP contribution in [0.3, 0.4) is 0 Å². The van der Waals surface area contributed by atoms with Gasteiger partial charge < -0.3 is 16.0 Å². The molecule has 1 atom stereocenters. The second kappa shape index (κ2) is 13.0. The molecule has 136 valence electrons. The summed E-state index contributed by atoms with van der Waals surface area (Å²) >= 11 is 0. The van der Waals surface area contributed by atoms with Crippen molar-refractivity contribution in [3.8, 4) is 0 Å². The molecule has 0 aliphatic heterocycles. The molecule has 1 aromatic carbocycles. The summed E-state index contributed by atoms with van der Waals surface area (Å²) in [6.07, 6.45) is 1.31. The van der Waals surface area contributed by atoms with Crippen LogP contribution in [0.15, 0.2) is 29.3 Å². The average Bonchev–Trinajstić information content (AvgIpc) is 2.53. The highest BCUT2D eigenvalue weighted by atomic mass is 127. The molecular formula is C17H28FIN4O. The van der Waals surface area contributed by atoms with E-state index >= 15 is 0 Å². The van der Waals surface area contributed by atoms with Crippen molar-refractivity contribution in [3.05, 3.63) is 35.6 Å². The molecule has 1 amide bonds. The van der Waals surface area contributed by atoms with Crippen LogP contribution in [0, 0.1) is 5.82 Å². The van der Waals surface area contributed by atoms with Crippen LogP contribution >= 0.6 is 24.0 Å². The van der Waals surface area contributed by atoms with E-state index in [2.05, 4.69) is 20.9 Å². The largest absolute Gasteiger partial charge is 0.357 e. The summed E-state index contributed by atoms with van der Waals surface area (Å²) in [6, 6.07) is 6.46. The van der Waals surface area contributed by atoms with Gasteiger partial charge in [-0.05, 0) is 38.0 Å². The lowest BCUT2D eigenvalue weighted by molar-refractivity contribution is -0.121. The molecule has 1 unspecified atom stereocenters. The van der Waals surface area contributed by atoms with Gasteiger partial charge in [-0.1, -0.05) is 19.1 Å². The standard InChI is InChI=1S/C17H27FN4O.HI/c1-4-13(3)22-16(23)10-11-20-17(19-5-2)21-12-14-6-8-15(18)9-7-14;/h6-9,13H,4-5,10-12H2,1-3H3,(H,22,23)(H2,19,20,21);1H. The molecule has 1 rings (SSSR count). The maximum atomic E-state index is 12.9. The lowest BCUT2D eigenvalue weighted by atomic mass is 10.2. The molecule has 0 radical (unpaired) electrons. The second-order valence-corrected chi connectivity index (χ2v) is 5.38. The molecule has 0 saturated heterocycles. The number of guanidine groups is 1. The van der Waals surface area contributed by atoms with Gasteiger partial charge in [-0.15, -0.1) is 24.0 Å². The van der Waals surface area contributed by atoms with E-state index in [1.165, 1.54) is 12.1 Å². The first kappa shape index (κ1) is 22.6. The predicted octanol–water partition coefficient (Wildman–Crippen LogP) is 2.80. The number of halogens is 2. The van der Waals surface area contributed by atoms with Gasteiger partial charge in [0.25, 0.3) is 0 Å². The third kappa shape index (κ3) is 9.69. The van der Waals surface area contributed by atoms with Crippen LogP contribution in [-0.4, -0.2) is 31.0 Å². The number of benzene rings is 1. The molecular weight excluding hydrogens is 422 g/mol. The van der Waals surface area contributed by atoms with Crippen LogP contribution in [0.2, 0.25) is 0 Å². The Labute approximate surface area is 160 Å². The maximum Gasteiger partial charge on any atom is 0.221 e. The van der Waals surface area contributed by atoms with E-state index in [0.717, 1.165) is 18.5 Å². The lowest BCUT2D eigenvalue weighted by Gasteiger charge is -2.13. The number of hydrogen-bond acceptors (Lipinski definition) is 2. The molecule has 0 fully saturated rings. The van der Waals surface area contributed by atoms with Gasteiger partial charge in [0.2, 0.25) is 5.91 Å². The quantitative estimate of drug-likeness (QED) is 0.324. The van der Waals surface area contributed by atoms with Crippen molar-refractivity contribution in [1.82, 2.24) is 16.0 Å². The summed E-state index contributed by atoms with van der Waals surface area (Å²) in [4.78, 5) is 16.1. The minimum absolute atomic E-state index is 0. The number of nitrogens with one attached hydrogen (secondary N) is 3.